The van der Waals surface area contributed by atoms with Gasteiger partial charge < -0.3 is 4.74 Å². The molecule has 1 nitrogen and oxygen atoms in total. The van der Waals surface area contributed by atoms with Crippen molar-refractivity contribution < 1.29 is 4.74 Å². The second-order valence-corrected chi connectivity index (χ2v) is 9.44. The zero-order valence-corrected chi connectivity index (χ0v) is 16.2. The van der Waals surface area contributed by atoms with E-state index >= 15 is 0 Å². The van der Waals surface area contributed by atoms with Gasteiger partial charge in [0.15, 0.2) is 0 Å². The SMILES string of the molecule is C=C(C)C[C@@]1(OC)CC[C@@H](C(C)(C)C)C[C@@H]1Sc1ccccc1. The molecule has 0 spiro atoms. The van der Waals surface area contributed by atoms with Gasteiger partial charge in [-0.15, -0.1) is 18.3 Å². The highest BCUT2D eigenvalue weighted by Crippen LogP contribution is 2.50. The summed E-state index contributed by atoms with van der Waals surface area (Å²) < 4.78 is 6.15. The summed E-state index contributed by atoms with van der Waals surface area (Å²) in [6.45, 7) is 13.4. The van der Waals surface area contributed by atoms with Crippen molar-refractivity contribution in [3.8, 4) is 0 Å². The third kappa shape index (κ3) is 4.64. The lowest BCUT2D eigenvalue weighted by molar-refractivity contribution is -0.0532. The Labute approximate surface area is 146 Å². The van der Waals surface area contributed by atoms with Crippen molar-refractivity contribution in [1.82, 2.24) is 0 Å². The van der Waals surface area contributed by atoms with Crippen LogP contribution in [-0.2, 0) is 4.74 Å². The average molecular weight is 333 g/mol. The lowest BCUT2D eigenvalue weighted by atomic mass is 9.67. The van der Waals surface area contributed by atoms with Crippen LogP contribution in [0.25, 0.3) is 0 Å². The molecule has 0 aliphatic heterocycles. The first kappa shape index (κ1) is 18.6. The Bertz CT molecular complexity index is 516. The molecule has 0 aromatic heterocycles. The Morgan fingerprint density at radius 1 is 1.30 bits per heavy atom. The van der Waals surface area contributed by atoms with Crippen molar-refractivity contribution in [2.75, 3.05) is 7.11 Å². The molecule has 0 bridgehead atoms. The fraction of sp³-hybridized carbons (Fsp3) is 0.619. The summed E-state index contributed by atoms with van der Waals surface area (Å²) >= 11 is 1.99. The maximum absolute atomic E-state index is 6.15. The topological polar surface area (TPSA) is 9.23 Å². The van der Waals surface area contributed by atoms with E-state index in [9.17, 15) is 0 Å². The van der Waals surface area contributed by atoms with E-state index in [0.29, 0.717) is 10.7 Å². The van der Waals surface area contributed by atoms with Crippen LogP contribution in [0.15, 0.2) is 47.4 Å². The number of ether oxygens (including phenoxy) is 1. The van der Waals surface area contributed by atoms with Crippen LogP contribution in [0, 0.1) is 11.3 Å². The van der Waals surface area contributed by atoms with Gasteiger partial charge in [-0.1, -0.05) is 44.5 Å². The van der Waals surface area contributed by atoms with Crippen LogP contribution in [0.4, 0.5) is 0 Å². The third-order valence-corrected chi connectivity index (χ3v) is 6.71. The molecule has 0 heterocycles. The first-order valence-corrected chi connectivity index (χ1v) is 9.56. The summed E-state index contributed by atoms with van der Waals surface area (Å²) in [4.78, 5) is 1.34. The van der Waals surface area contributed by atoms with Gasteiger partial charge in [-0.05, 0) is 56.1 Å². The molecule has 3 atom stereocenters. The minimum Gasteiger partial charge on any atom is -0.377 e. The molecule has 1 saturated carbocycles. The highest BCUT2D eigenvalue weighted by atomic mass is 32.2. The predicted octanol–water partition coefficient (Wildman–Crippen LogP) is 6.34. The highest BCUT2D eigenvalue weighted by molar-refractivity contribution is 8.00. The van der Waals surface area contributed by atoms with E-state index in [1.54, 1.807) is 0 Å². The van der Waals surface area contributed by atoms with Crippen molar-refractivity contribution in [3.05, 3.63) is 42.5 Å². The molecule has 23 heavy (non-hydrogen) atoms. The van der Waals surface area contributed by atoms with Crippen molar-refractivity contribution >= 4 is 11.8 Å². The first-order chi connectivity index (χ1) is 10.8. The number of hydrogen-bond acceptors (Lipinski definition) is 2. The number of thioether (sulfide) groups is 1. The molecular formula is C21H32OS. The van der Waals surface area contributed by atoms with Gasteiger partial charge in [0.2, 0.25) is 0 Å². The summed E-state index contributed by atoms with van der Waals surface area (Å²) in [6.07, 6.45) is 4.55. The van der Waals surface area contributed by atoms with E-state index in [-0.39, 0.29) is 5.60 Å². The molecular weight excluding hydrogens is 300 g/mol. The Balaban J connectivity index is 2.27. The van der Waals surface area contributed by atoms with Crippen molar-refractivity contribution in [2.45, 2.75) is 69.1 Å². The van der Waals surface area contributed by atoms with Gasteiger partial charge >= 0.3 is 0 Å². The molecule has 0 unspecified atom stereocenters. The van der Waals surface area contributed by atoms with Gasteiger partial charge in [0, 0.05) is 17.3 Å². The van der Waals surface area contributed by atoms with E-state index < -0.39 is 0 Å². The van der Waals surface area contributed by atoms with Crippen LogP contribution in [-0.4, -0.2) is 18.0 Å². The summed E-state index contributed by atoms with van der Waals surface area (Å²) in [6, 6.07) is 10.8. The normalized spacial score (nSPS) is 28.6. The molecule has 128 valence electrons. The molecule has 0 N–H and O–H groups in total. The quantitative estimate of drug-likeness (QED) is 0.581. The molecule has 0 saturated heterocycles. The van der Waals surface area contributed by atoms with Crippen LogP contribution in [0.3, 0.4) is 0 Å². The van der Waals surface area contributed by atoms with Gasteiger partial charge in [-0.3, -0.25) is 0 Å². The number of benzene rings is 1. The Kier molecular flexibility index (Phi) is 6.02. The maximum Gasteiger partial charge on any atom is 0.0837 e. The third-order valence-electron chi connectivity index (χ3n) is 5.26. The lowest BCUT2D eigenvalue weighted by Gasteiger charge is -2.48. The van der Waals surface area contributed by atoms with E-state index in [1.807, 2.05) is 18.9 Å². The Morgan fingerprint density at radius 3 is 2.48 bits per heavy atom. The standard InChI is InChI=1S/C21H32OS/c1-16(2)15-21(22-6)13-12-17(20(3,4)5)14-19(21)23-18-10-8-7-9-11-18/h7-11,17,19H,1,12-15H2,2-6H3/t17-,19+,21+/m1/s1. The average Bonchev–Trinajstić information content (AvgIpc) is 2.48. The van der Waals surface area contributed by atoms with Gasteiger partial charge in [0.1, 0.15) is 0 Å². The van der Waals surface area contributed by atoms with Crippen molar-refractivity contribution in [3.63, 3.8) is 0 Å². The second-order valence-electron chi connectivity index (χ2n) is 8.16. The summed E-state index contributed by atoms with van der Waals surface area (Å²) in [5, 5.41) is 0.476. The molecule has 1 aromatic rings. The van der Waals surface area contributed by atoms with Crippen LogP contribution < -0.4 is 0 Å². The second kappa shape index (κ2) is 7.44. The molecule has 0 radical (unpaired) electrons. The smallest absolute Gasteiger partial charge is 0.0837 e. The Hall–Kier alpha value is -0.730. The minimum atomic E-state index is -0.0753. The Morgan fingerprint density at radius 2 is 1.96 bits per heavy atom. The summed E-state index contributed by atoms with van der Waals surface area (Å²) in [7, 11) is 1.89. The summed E-state index contributed by atoms with van der Waals surface area (Å²) in [5.41, 5.74) is 1.51. The number of rotatable bonds is 5. The molecule has 1 aliphatic carbocycles. The van der Waals surface area contributed by atoms with E-state index in [0.717, 1.165) is 18.8 Å². The van der Waals surface area contributed by atoms with Crippen molar-refractivity contribution in [1.29, 1.82) is 0 Å². The van der Waals surface area contributed by atoms with Crippen LogP contribution in [0.1, 0.15) is 53.4 Å². The largest absolute Gasteiger partial charge is 0.377 e. The molecule has 1 aromatic carbocycles. The number of hydrogen-bond donors (Lipinski definition) is 0. The van der Waals surface area contributed by atoms with Crippen LogP contribution in [0.2, 0.25) is 0 Å². The monoisotopic (exact) mass is 332 g/mol. The van der Waals surface area contributed by atoms with E-state index in [2.05, 4.69) is 64.6 Å². The molecule has 2 rings (SSSR count). The van der Waals surface area contributed by atoms with Crippen LogP contribution >= 0.6 is 11.8 Å². The van der Waals surface area contributed by atoms with E-state index in [4.69, 9.17) is 4.74 Å². The maximum atomic E-state index is 6.15. The predicted molar refractivity (Wildman–Crippen MR) is 102 cm³/mol. The zero-order valence-electron chi connectivity index (χ0n) is 15.4. The lowest BCUT2D eigenvalue weighted by Crippen LogP contribution is -2.49. The zero-order chi connectivity index (χ0) is 17.1. The molecule has 1 aliphatic rings. The fourth-order valence-electron chi connectivity index (χ4n) is 3.79. The molecule has 0 amide bonds. The van der Waals surface area contributed by atoms with Gasteiger partial charge in [-0.25, -0.2) is 0 Å². The first-order valence-electron chi connectivity index (χ1n) is 8.68. The molecule has 1 fully saturated rings. The number of methoxy groups -OCH3 is 1. The fourth-order valence-corrected chi connectivity index (χ4v) is 5.28. The highest BCUT2D eigenvalue weighted by Gasteiger charge is 2.46. The minimum absolute atomic E-state index is 0.0753. The van der Waals surface area contributed by atoms with Gasteiger partial charge in [0.05, 0.1) is 5.60 Å². The van der Waals surface area contributed by atoms with Crippen LogP contribution in [0.5, 0.6) is 0 Å². The molecule has 2 heteroatoms. The van der Waals surface area contributed by atoms with Gasteiger partial charge in [-0.2, -0.15) is 0 Å². The van der Waals surface area contributed by atoms with Gasteiger partial charge in [0.25, 0.3) is 0 Å². The van der Waals surface area contributed by atoms with Crippen molar-refractivity contribution in [2.24, 2.45) is 11.3 Å². The summed E-state index contributed by atoms with van der Waals surface area (Å²) in [5.74, 6) is 0.747. The van der Waals surface area contributed by atoms with E-state index in [1.165, 1.54) is 23.3 Å².